The van der Waals surface area contributed by atoms with E-state index >= 15 is 0 Å². The van der Waals surface area contributed by atoms with Gasteiger partial charge in [0.15, 0.2) is 6.61 Å². The number of nitrogens with one attached hydrogen (secondary N) is 1. The SMILES string of the molecule is O=C(COc1cccnc1)N1CC(S(=O)(=O)Nc2ccccc2)C1. The fourth-order valence-electron chi connectivity index (χ4n) is 2.26. The highest BCUT2D eigenvalue weighted by atomic mass is 32.2. The number of hydrogen-bond donors (Lipinski definition) is 1. The van der Waals surface area contributed by atoms with E-state index in [1.807, 2.05) is 6.07 Å². The fraction of sp³-hybridized carbons (Fsp3) is 0.250. The predicted molar refractivity (Wildman–Crippen MR) is 89.1 cm³/mol. The smallest absolute Gasteiger partial charge is 0.260 e. The van der Waals surface area contributed by atoms with Gasteiger partial charge in [0.25, 0.3) is 5.91 Å². The highest BCUT2D eigenvalue weighted by molar-refractivity contribution is 7.93. The summed E-state index contributed by atoms with van der Waals surface area (Å²) in [5.41, 5.74) is 0.516. The molecule has 3 rings (SSSR count). The third-order valence-corrected chi connectivity index (χ3v) is 5.37. The van der Waals surface area contributed by atoms with Gasteiger partial charge in [0.2, 0.25) is 10.0 Å². The lowest BCUT2D eigenvalue weighted by Gasteiger charge is -2.38. The molecule has 1 aliphatic rings. The zero-order valence-corrected chi connectivity index (χ0v) is 13.6. The van der Waals surface area contributed by atoms with Gasteiger partial charge in [-0.25, -0.2) is 8.42 Å². The van der Waals surface area contributed by atoms with Crippen LogP contribution in [0.3, 0.4) is 0 Å². The first kappa shape index (κ1) is 16.3. The van der Waals surface area contributed by atoms with E-state index in [9.17, 15) is 13.2 Å². The Hall–Kier alpha value is -2.61. The van der Waals surface area contributed by atoms with E-state index in [0.29, 0.717) is 11.4 Å². The number of carbonyl (C=O) groups excluding carboxylic acids is 1. The average Bonchev–Trinajstić information content (AvgIpc) is 2.52. The number of rotatable bonds is 6. The highest BCUT2D eigenvalue weighted by Crippen LogP contribution is 2.20. The first-order valence-corrected chi connectivity index (χ1v) is 8.96. The number of nitrogens with zero attached hydrogens (tertiary/aromatic N) is 2. The molecule has 24 heavy (non-hydrogen) atoms. The molecule has 8 heteroatoms. The van der Waals surface area contributed by atoms with E-state index in [1.165, 1.54) is 11.1 Å². The summed E-state index contributed by atoms with van der Waals surface area (Å²) < 4.78 is 32.3. The Balaban J connectivity index is 1.48. The molecule has 1 N–H and O–H groups in total. The molecule has 0 unspecified atom stereocenters. The zero-order valence-electron chi connectivity index (χ0n) is 12.8. The molecule has 0 aliphatic carbocycles. The standard InChI is InChI=1S/C16H17N3O4S/c20-16(12-23-14-7-4-8-17-9-14)19-10-15(11-19)24(21,22)18-13-5-2-1-3-6-13/h1-9,15,18H,10-12H2. The van der Waals surface area contributed by atoms with Crippen molar-refractivity contribution in [2.75, 3.05) is 24.4 Å². The summed E-state index contributed by atoms with van der Waals surface area (Å²) in [7, 11) is -3.50. The van der Waals surface area contributed by atoms with Crippen LogP contribution in [0.2, 0.25) is 0 Å². The van der Waals surface area contributed by atoms with Crippen LogP contribution in [0.25, 0.3) is 0 Å². The van der Waals surface area contributed by atoms with Crippen LogP contribution in [0.15, 0.2) is 54.9 Å². The van der Waals surface area contributed by atoms with E-state index in [0.717, 1.165) is 0 Å². The first-order chi connectivity index (χ1) is 11.5. The lowest BCUT2D eigenvalue weighted by Crippen LogP contribution is -2.59. The van der Waals surface area contributed by atoms with Gasteiger partial charge < -0.3 is 9.64 Å². The minimum Gasteiger partial charge on any atom is -0.482 e. The quantitative estimate of drug-likeness (QED) is 0.846. The van der Waals surface area contributed by atoms with Crippen molar-refractivity contribution in [1.29, 1.82) is 0 Å². The van der Waals surface area contributed by atoms with Gasteiger partial charge in [-0.2, -0.15) is 0 Å². The number of benzene rings is 1. The van der Waals surface area contributed by atoms with Crippen molar-refractivity contribution < 1.29 is 17.9 Å². The van der Waals surface area contributed by atoms with Crippen LogP contribution in [0, 0.1) is 0 Å². The van der Waals surface area contributed by atoms with E-state index in [2.05, 4.69) is 9.71 Å². The van der Waals surface area contributed by atoms with Crippen LogP contribution >= 0.6 is 0 Å². The van der Waals surface area contributed by atoms with Crippen LogP contribution in [-0.4, -0.2) is 49.2 Å². The van der Waals surface area contributed by atoms with E-state index < -0.39 is 15.3 Å². The maximum Gasteiger partial charge on any atom is 0.260 e. The Morgan fingerprint density at radius 3 is 2.62 bits per heavy atom. The molecule has 7 nitrogen and oxygen atoms in total. The first-order valence-electron chi connectivity index (χ1n) is 7.42. The molecule has 1 saturated heterocycles. The minimum atomic E-state index is -3.50. The molecular formula is C16H17N3O4S. The molecule has 0 bridgehead atoms. The van der Waals surface area contributed by atoms with Gasteiger partial charge in [-0.3, -0.25) is 14.5 Å². The summed E-state index contributed by atoms with van der Waals surface area (Å²) in [6.07, 6.45) is 3.12. The van der Waals surface area contributed by atoms with Gasteiger partial charge in [-0.15, -0.1) is 0 Å². The van der Waals surface area contributed by atoms with Crippen LogP contribution < -0.4 is 9.46 Å². The van der Waals surface area contributed by atoms with Crippen molar-refractivity contribution in [2.45, 2.75) is 5.25 Å². The Kier molecular flexibility index (Phi) is 4.66. The summed E-state index contributed by atoms with van der Waals surface area (Å²) in [6, 6.07) is 12.1. The van der Waals surface area contributed by atoms with Gasteiger partial charge in [0.1, 0.15) is 11.0 Å². The number of anilines is 1. The average molecular weight is 347 g/mol. The number of likely N-dealkylation sites (tertiary alicyclic amines) is 1. The molecule has 126 valence electrons. The van der Waals surface area contributed by atoms with Crippen molar-refractivity contribution in [3.8, 4) is 5.75 Å². The number of ether oxygens (including phenoxy) is 1. The van der Waals surface area contributed by atoms with E-state index in [1.54, 1.807) is 42.6 Å². The number of carbonyl (C=O) groups is 1. The van der Waals surface area contributed by atoms with Crippen molar-refractivity contribution in [3.05, 3.63) is 54.9 Å². The number of pyridine rings is 1. The molecule has 1 amide bonds. The summed E-state index contributed by atoms with van der Waals surface area (Å²) in [4.78, 5) is 17.3. The van der Waals surface area contributed by atoms with Crippen molar-refractivity contribution >= 4 is 21.6 Å². The monoisotopic (exact) mass is 347 g/mol. The second-order valence-corrected chi connectivity index (χ2v) is 7.37. The molecule has 1 aromatic carbocycles. The molecule has 1 aromatic heterocycles. The Labute approximate surface area is 140 Å². The predicted octanol–water partition coefficient (Wildman–Crippen LogP) is 1.11. The normalized spacial score (nSPS) is 14.8. The Morgan fingerprint density at radius 1 is 1.21 bits per heavy atom. The molecule has 1 fully saturated rings. The highest BCUT2D eigenvalue weighted by Gasteiger charge is 2.39. The maximum absolute atomic E-state index is 12.2. The molecular weight excluding hydrogens is 330 g/mol. The summed E-state index contributed by atoms with van der Waals surface area (Å²) in [5, 5.41) is -0.611. The Morgan fingerprint density at radius 2 is 1.96 bits per heavy atom. The number of aromatic nitrogens is 1. The maximum atomic E-state index is 12.2. The van der Waals surface area contributed by atoms with Gasteiger partial charge in [0, 0.05) is 25.0 Å². The molecule has 0 atom stereocenters. The second kappa shape index (κ2) is 6.88. The number of sulfonamides is 1. The fourth-order valence-corrected chi connectivity index (χ4v) is 3.64. The number of hydrogen-bond acceptors (Lipinski definition) is 5. The van der Waals surface area contributed by atoms with Gasteiger partial charge in [-0.1, -0.05) is 18.2 Å². The van der Waals surface area contributed by atoms with Gasteiger partial charge >= 0.3 is 0 Å². The zero-order chi connectivity index (χ0) is 17.0. The molecule has 1 aliphatic heterocycles. The minimum absolute atomic E-state index is 0.134. The van der Waals surface area contributed by atoms with Gasteiger partial charge in [-0.05, 0) is 24.3 Å². The van der Waals surface area contributed by atoms with Crippen LogP contribution in [0.5, 0.6) is 5.75 Å². The third kappa shape index (κ3) is 3.83. The number of para-hydroxylation sites is 1. The van der Waals surface area contributed by atoms with Crippen molar-refractivity contribution in [2.24, 2.45) is 0 Å². The van der Waals surface area contributed by atoms with E-state index in [-0.39, 0.29) is 25.6 Å². The second-order valence-electron chi connectivity index (χ2n) is 5.41. The van der Waals surface area contributed by atoms with E-state index in [4.69, 9.17) is 4.74 Å². The molecule has 0 saturated carbocycles. The van der Waals surface area contributed by atoms with Crippen LogP contribution in [-0.2, 0) is 14.8 Å². The largest absolute Gasteiger partial charge is 0.482 e. The molecule has 0 spiro atoms. The van der Waals surface area contributed by atoms with Crippen LogP contribution in [0.1, 0.15) is 0 Å². The van der Waals surface area contributed by atoms with Crippen molar-refractivity contribution in [3.63, 3.8) is 0 Å². The summed E-state index contributed by atoms with van der Waals surface area (Å²) >= 11 is 0. The Bertz CT molecular complexity index is 791. The topological polar surface area (TPSA) is 88.6 Å². The molecule has 2 aromatic rings. The summed E-state index contributed by atoms with van der Waals surface area (Å²) in [6.45, 7) is 0.194. The lowest BCUT2D eigenvalue weighted by atomic mass is 10.2. The third-order valence-electron chi connectivity index (χ3n) is 3.67. The number of amides is 1. The lowest BCUT2D eigenvalue weighted by molar-refractivity contribution is -0.136. The molecule has 2 heterocycles. The van der Waals surface area contributed by atoms with Crippen molar-refractivity contribution in [1.82, 2.24) is 9.88 Å². The van der Waals surface area contributed by atoms with Crippen LogP contribution in [0.4, 0.5) is 5.69 Å². The molecule has 0 radical (unpaired) electrons. The van der Waals surface area contributed by atoms with Gasteiger partial charge in [0.05, 0.1) is 6.20 Å². The summed E-state index contributed by atoms with van der Waals surface area (Å²) in [5.74, 6) is 0.256.